The second kappa shape index (κ2) is 14.0. The SMILES string of the molecule is O=C(NOC1CCCCO1)[C@H]1CN(S(=O)(=O)CCCSc2ncc[nH]2)CCN1S(=O)(=O)c1ccc(-c2ccccc2)s1. The van der Waals surface area contributed by atoms with Crippen LogP contribution in [0, 0.1) is 0 Å². The Hall–Kier alpha value is -2.31. The molecule has 3 aromatic rings. The van der Waals surface area contributed by atoms with E-state index in [-0.39, 0.29) is 29.6 Å². The fraction of sp³-hybridized carbons (Fsp3) is 0.462. The van der Waals surface area contributed by atoms with Crippen molar-refractivity contribution in [3.8, 4) is 10.4 Å². The van der Waals surface area contributed by atoms with E-state index in [0.717, 1.165) is 38.9 Å². The van der Waals surface area contributed by atoms with Crippen LogP contribution in [0.3, 0.4) is 0 Å². The summed E-state index contributed by atoms with van der Waals surface area (Å²) in [5.74, 6) is -0.358. The van der Waals surface area contributed by atoms with Crippen LogP contribution in [0.15, 0.2) is 64.2 Å². The van der Waals surface area contributed by atoms with Gasteiger partial charge in [-0.1, -0.05) is 42.1 Å². The predicted molar refractivity (Wildman–Crippen MR) is 160 cm³/mol. The summed E-state index contributed by atoms with van der Waals surface area (Å²) in [7, 11) is -7.90. The lowest BCUT2D eigenvalue weighted by Crippen LogP contribution is -2.61. The van der Waals surface area contributed by atoms with Gasteiger partial charge >= 0.3 is 0 Å². The number of amides is 1. The normalized spacial score (nSPS) is 20.9. The molecule has 5 rings (SSSR count). The Kier molecular flexibility index (Phi) is 10.4. The molecule has 16 heteroatoms. The maximum absolute atomic E-state index is 13.8. The number of aromatic amines is 1. The van der Waals surface area contributed by atoms with Crippen LogP contribution < -0.4 is 5.48 Å². The molecule has 2 N–H and O–H groups in total. The molecule has 0 aliphatic carbocycles. The Morgan fingerprint density at radius 2 is 1.98 bits per heavy atom. The minimum Gasteiger partial charge on any atom is -0.350 e. The molecule has 2 saturated heterocycles. The van der Waals surface area contributed by atoms with Crippen molar-refractivity contribution >= 4 is 49.1 Å². The van der Waals surface area contributed by atoms with Gasteiger partial charge in [-0.2, -0.15) is 8.61 Å². The van der Waals surface area contributed by atoms with Gasteiger partial charge in [0.1, 0.15) is 10.3 Å². The number of rotatable bonds is 12. The second-order valence-electron chi connectivity index (χ2n) is 9.77. The van der Waals surface area contributed by atoms with Crippen molar-refractivity contribution in [1.29, 1.82) is 0 Å². The second-order valence-corrected chi connectivity index (χ2v) is 16.1. The highest BCUT2D eigenvalue weighted by molar-refractivity contribution is 7.99. The number of sulfonamides is 2. The highest BCUT2D eigenvalue weighted by Crippen LogP contribution is 2.34. The summed E-state index contributed by atoms with van der Waals surface area (Å²) in [6, 6.07) is 11.3. The monoisotopic (exact) mass is 655 g/mol. The number of carbonyl (C=O) groups is 1. The van der Waals surface area contributed by atoms with Gasteiger partial charge in [0.2, 0.25) is 10.0 Å². The summed E-state index contributed by atoms with van der Waals surface area (Å²) in [6.07, 6.45) is 5.39. The van der Waals surface area contributed by atoms with Gasteiger partial charge in [0.25, 0.3) is 15.9 Å². The maximum atomic E-state index is 13.8. The van der Waals surface area contributed by atoms with Crippen LogP contribution in [0.25, 0.3) is 10.4 Å². The summed E-state index contributed by atoms with van der Waals surface area (Å²) in [5, 5.41) is 0.703. The van der Waals surface area contributed by atoms with E-state index in [2.05, 4.69) is 15.4 Å². The van der Waals surface area contributed by atoms with Gasteiger partial charge in [0.05, 0.1) is 5.75 Å². The van der Waals surface area contributed by atoms with E-state index in [1.54, 1.807) is 18.5 Å². The van der Waals surface area contributed by atoms with Crippen LogP contribution in [0.1, 0.15) is 25.7 Å². The van der Waals surface area contributed by atoms with E-state index in [9.17, 15) is 21.6 Å². The lowest BCUT2D eigenvalue weighted by atomic mass is 10.2. The van der Waals surface area contributed by atoms with Crippen molar-refractivity contribution in [2.24, 2.45) is 0 Å². The molecule has 2 aliphatic rings. The molecule has 1 unspecified atom stereocenters. The molecule has 2 atom stereocenters. The van der Waals surface area contributed by atoms with E-state index in [1.165, 1.54) is 22.1 Å². The third-order valence-electron chi connectivity index (χ3n) is 6.88. The molecule has 2 aromatic heterocycles. The zero-order chi connectivity index (χ0) is 29.6. The number of hydrogen-bond donors (Lipinski definition) is 2. The number of nitrogens with one attached hydrogen (secondary N) is 2. The molecule has 0 saturated carbocycles. The van der Waals surface area contributed by atoms with Crippen molar-refractivity contribution in [1.82, 2.24) is 24.1 Å². The first-order chi connectivity index (χ1) is 20.2. The van der Waals surface area contributed by atoms with E-state index < -0.39 is 38.3 Å². The average molecular weight is 656 g/mol. The summed E-state index contributed by atoms with van der Waals surface area (Å²) < 4.78 is 62.0. The zero-order valence-corrected chi connectivity index (χ0v) is 26.0. The summed E-state index contributed by atoms with van der Waals surface area (Å²) in [4.78, 5) is 26.7. The quantitative estimate of drug-likeness (QED) is 0.171. The highest BCUT2D eigenvalue weighted by atomic mass is 32.2. The van der Waals surface area contributed by atoms with Gasteiger partial charge in [-0.05, 0) is 37.0 Å². The number of nitrogens with zero attached hydrogens (tertiary/aromatic N) is 3. The minimum absolute atomic E-state index is 0.0693. The first-order valence-corrected chi connectivity index (χ1v) is 18.4. The van der Waals surface area contributed by atoms with E-state index in [4.69, 9.17) is 9.57 Å². The number of hydrogen-bond acceptors (Lipinski definition) is 10. The van der Waals surface area contributed by atoms with Crippen molar-refractivity contribution in [2.75, 3.05) is 37.7 Å². The van der Waals surface area contributed by atoms with E-state index in [0.29, 0.717) is 30.4 Å². The zero-order valence-electron chi connectivity index (χ0n) is 22.8. The average Bonchev–Trinajstić information content (AvgIpc) is 3.72. The number of imidazole rings is 1. The number of piperazine rings is 1. The first-order valence-electron chi connectivity index (χ1n) is 13.6. The third kappa shape index (κ3) is 7.60. The molecule has 4 heterocycles. The Morgan fingerprint density at radius 3 is 2.71 bits per heavy atom. The molecule has 12 nitrogen and oxygen atoms in total. The Labute approximate surface area is 253 Å². The number of thioether (sulfide) groups is 1. The van der Waals surface area contributed by atoms with Gasteiger partial charge < -0.3 is 9.72 Å². The first kappa shape index (κ1) is 31.1. The van der Waals surface area contributed by atoms with E-state index in [1.807, 2.05) is 30.3 Å². The molecule has 2 aliphatic heterocycles. The van der Waals surface area contributed by atoms with Crippen molar-refractivity contribution in [3.05, 3.63) is 54.9 Å². The number of carbonyl (C=O) groups excluding carboxylic acids is 1. The largest absolute Gasteiger partial charge is 0.350 e. The fourth-order valence-corrected chi connectivity index (χ4v) is 10.2. The maximum Gasteiger partial charge on any atom is 0.263 e. The van der Waals surface area contributed by atoms with Gasteiger partial charge in [-0.15, -0.1) is 11.3 Å². The Bertz CT molecular complexity index is 1530. The molecule has 0 spiro atoms. The molecule has 0 radical (unpaired) electrons. The summed E-state index contributed by atoms with van der Waals surface area (Å²) in [6.45, 7) is -0.0825. The molecule has 228 valence electrons. The van der Waals surface area contributed by atoms with Crippen LogP contribution in [0.4, 0.5) is 0 Å². The molecular weight excluding hydrogens is 623 g/mol. The summed E-state index contributed by atoms with van der Waals surface area (Å²) >= 11 is 2.51. The lowest BCUT2D eigenvalue weighted by molar-refractivity contribution is -0.202. The molecule has 1 amide bonds. The predicted octanol–water partition coefficient (Wildman–Crippen LogP) is 2.90. The number of benzene rings is 1. The lowest BCUT2D eigenvalue weighted by Gasteiger charge is -2.38. The van der Waals surface area contributed by atoms with Crippen molar-refractivity contribution < 1.29 is 31.2 Å². The molecule has 1 aromatic carbocycles. The van der Waals surface area contributed by atoms with Crippen LogP contribution in [0.2, 0.25) is 0 Å². The molecule has 42 heavy (non-hydrogen) atoms. The van der Waals surface area contributed by atoms with Gasteiger partial charge in [-0.25, -0.2) is 32.1 Å². The number of thiophene rings is 1. The standard InChI is InChI=1S/C26H33N5O7S4/c32-25(29-38-23-9-4-5-16-37-23)21-19-30(41(33,34)18-6-17-39-26-27-12-13-28-26)14-15-31(21)42(35,36)24-11-10-22(40-24)20-7-2-1-3-8-20/h1-3,7-8,10-13,21,23H,4-6,9,14-19H2,(H,27,28)(H,29,32)/t21-,23?/m1/s1. The topological polar surface area (TPSA) is 151 Å². The van der Waals surface area contributed by atoms with Crippen LogP contribution in [-0.2, 0) is 34.4 Å². The van der Waals surface area contributed by atoms with Gasteiger partial charge in [-0.3, -0.25) is 4.79 Å². The molecular formula is C26H33N5O7S4. The smallest absolute Gasteiger partial charge is 0.263 e. The number of aromatic nitrogens is 2. The number of ether oxygens (including phenoxy) is 1. The molecule has 2 fully saturated rings. The summed E-state index contributed by atoms with van der Waals surface area (Å²) in [5.41, 5.74) is 3.22. The Balaban J connectivity index is 1.31. The Morgan fingerprint density at radius 1 is 1.14 bits per heavy atom. The third-order valence-corrected chi connectivity index (χ3v) is 13.3. The van der Waals surface area contributed by atoms with Crippen molar-refractivity contribution in [3.63, 3.8) is 0 Å². The van der Waals surface area contributed by atoms with Gasteiger partial charge in [0, 0.05) is 55.7 Å². The minimum atomic E-state index is -4.13. The van der Waals surface area contributed by atoms with Crippen LogP contribution in [0.5, 0.6) is 0 Å². The van der Waals surface area contributed by atoms with Crippen LogP contribution >= 0.6 is 23.1 Å². The van der Waals surface area contributed by atoms with Gasteiger partial charge in [0.15, 0.2) is 11.4 Å². The van der Waals surface area contributed by atoms with Crippen LogP contribution in [-0.4, -0.2) is 91.4 Å². The van der Waals surface area contributed by atoms with Crippen molar-refractivity contribution in [2.45, 2.75) is 47.4 Å². The highest BCUT2D eigenvalue weighted by Gasteiger charge is 2.43. The number of H-pyrrole nitrogens is 1. The fourth-order valence-electron chi connectivity index (χ4n) is 4.69. The molecule has 0 bridgehead atoms. The van der Waals surface area contributed by atoms with E-state index >= 15 is 0 Å². The number of hydroxylamine groups is 1.